The van der Waals surface area contributed by atoms with Gasteiger partial charge in [-0.05, 0) is 17.9 Å². The van der Waals surface area contributed by atoms with Crippen LogP contribution < -0.4 is 0 Å². The monoisotopic (exact) mass is 245 g/mol. The Labute approximate surface area is 110 Å². The molecule has 1 aromatic rings. The maximum atomic E-state index is 11.9. The molecule has 1 heterocycles. The molecule has 1 aromatic carbocycles. The fourth-order valence-electron chi connectivity index (χ4n) is 2.84. The van der Waals surface area contributed by atoms with Gasteiger partial charge in [0.25, 0.3) is 0 Å². The summed E-state index contributed by atoms with van der Waals surface area (Å²) >= 11 is 0. The molecule has 98 valence electrons. The second-order valence-corrected chi connectivity index (χ2v) is 5.68. The van der Waals surface area contributed by atoms with Crippen molar-refractivity contribution in [1.82, 2.24) is 4.90 Å². The number of hydrogen-bond donors (Lipinski definition) is 0. The van der Waals surface area contributed by atoms with Crippen LogP contribution in [0.15, 0.2) is 30.3 Å². The maximum absolute atomic E-state index is 11.9. The normalized spacial score (nSPS) is 26.7. The Hall–Kier alpha value is -1.15. The highest BCUT2D eigenvalue weighted by Crippen LogP contribution is 2.20. The zero-order valence-corrected chi connectivity index (χ0v) is 11.4. The van der Waals surface area contributed by atoms with E-state index < -0.39 is 0 Å². The van der Waals surface area contributed by atoms with E-state index in [1.165, 1.54) is 5.56 Å². The summed E-state index contributed by atoms with van der Waals surface area (Å²) in [7, 11) is 0. The molecule has 0 aliphatic carbocycles. The smallest absolute Gasteiger partial charge is 0.136 e. The molecule has 1 fully saturated rings. The highest BCUT2D eigenvalue weighted by atomic mass is 16.1. The van der Waals surface area contributed by atoms with Gasteiger partial charge in [-0.1, -0.05) is 44.2 Å². The Balaban J connectivity index is 1.98. The van der Waals surface area contributed by atoms with Gasteiger partial charge in [0, 0.05) is 32.0 Å². The molecular weight excluding hydrogens is 222 g/mol. The summed E-state index contributed by atoms with van der Waals surface area (Å²) in [6.45, 7) is 7.31. The quantitative estimate of drug-likeness (QED) is 0.798. The summed E-state index contributed by atoms with van der Waals surface area (Å²) in [6.07, 6.45) is 1.74. The summed E-state index contributed by atoms with van der Waals surface area (Å²) in [5, 5.41) is 0. The molecule has 2 heteroatoms. The molecule has 0 N–H and O–H groups in total. The fourth-order valence-corrected chi connectivity index (χ4v) is 2.84. The largest absolute Gasteiger partial charge is 0.299 e. The summed E-state index contributed by atoms with van der Waals surface area (Å²) in [5.74, 6) is 1.28. The first-order valence-electron chi connectivity index (χ1n) is 6.94. The topological polar surface area (TPSA) is 20.3 Å². The van der Waals surface area contributed by atoms with Crippen LogP contribution in [0.1, 0.15) is 32.3 Å². The fraction of sp³-hybridized carbons (Fsp3) is 0.562. The van der Waals surface area contributed by atoms with E-state index in [2.05, 4.69) is 43.0 Å². The third-order valence-corrected chi connectivity index (χ3v) is 3.80. The van der Waals surface area contributed by atoms with Gasteiger partial charge in [0.15, 0.2) is 0 Å². The zero-order valence-electron chi connectivity index (χ0n) is 11.4. The number of carbonyl (C=O) groups is 1. The molecule has 2 unspecified atom stereocenters. The van der Waals surface area contributed by atoms with Crippen molar-refractivity contribution in [3.63, 3.8) is 0 Å². The van der Waals surface area contributed by atoms with Crippen LogP contribution in [0.4, 0.5) is 0 Å². The molecule has 1 aliphatic rings. The van der Waals surface area contributed by atoms with Crippen LogP contribution in [0.5, 0.6) is 0 Å². The lowest BCUT2D eigenvalue weighted by atomic mass is 9.90. The maximum Gasteiger partial charge on any atom is 0.136 e. The molecule has 2 nitrogen and oxygen atoms in total. The van der Waals surface area contributed by atoms with Crippen LogP contribution in [0.25, 0.3) is 0 Å². The predicted octanol–water partition coefficient (Wildman–Crippen LogP) is 3.12. The van der Waals surface area contributed by atoms with Crippen molar-refractivity contribution in [1.29, 1.82) is 0 Å². The Kier molecular flexibility index (Phi) is 4.54. The van der Waals surface area contributed by atoms with Crippen LogP contribution >= 0.6 is 0 Å². The number of rotatable bonds is 2. The summed E-state index contributed by atoms with van der Waals surface area (Å²) in [4.78, 5) is 14.3. The second-order valence-electron chi connectivity index (χ2n) is 5.68. The van der Waals surface area contributed by atoms with Crippen LogP contribution in [0, 0.1) is 11.8 Å². The van der Waals surface area contributed by atoms with Crippen LogP contribution in [0.3, 0.4) is 0 Å². The van der Waals surface area contributed by atoms with Gasteiger partial charge in [-0.2, -0.15) is 0 Å². The third-order valence-electron chi connectivity index (χ3n) is 3.80. The summed E-state index contributed by atoms with van der Waals surface area (Å²) < 4.78 is 0. The van der Waals surface area contributed by atoms with Crippen molar-refractivity contribution in [2.45, 2.75) is 33.2 Å². The molecule has 0 bridgehead atoms. The molecule has 0 amide bonds. The summed E-state index contributed by atoms with van der Waals surface area (Å²) in [5.41, 5.74) is 1.34. The van der Waals surface area contributed by atoms with E-state index in [-0.39, 0.29) is 5.92 Å². The highest BCUT2D eigenvalue weighted by molar-refractivity contribution is 5.80. The van der Waals surface area contributed by atoms with Crippen LogP contribution in [-0.2, 0) is 11.3 Å². The second kappa shape index (κ2) is 6.14. The first-order valence-corrected chi connectivity index (χ1v) is 6.94. The number of likely N-dealkylation sites (tertiary alicyclic amines) is 1. The van der Waals surface area contributed by atoms with Gasteiger partial charge in [-0.15, -0.1) is 0 Å². The number of nitrogens with zero attached hydrogens (tertiary/aromatic N) is 1. The van der Waals surface area contributed by atoms with Crippen molar-refractivity contribution >= 4 is 5.78 Å². The molecule has 18 heavy (non-hydrogen) atoms. The van der Waals surface area contributed by atoms with E-state index in [1.54, 1.807) is 0 Å². The lowest BCUT2D eigenvalue weighted by Gasteiger charge is -2.30. The third kappa shape index (κ3) is 3.67. The van der Waals surface area contributed by atoms with E-state index in [0.29, 0.717) is 18.1 Å². The Morgan fingerprint density at radius 3 is 2.67 bits per heavy atom. The van der Waals surface area contributed by atoms with Crippen molar-refractivity contribution in [2.24, 2.45) is 11.8 Å². The number of Topliss-reactive ketones (excluding diaryl/α,β-unsaturated/α-hetero) is 1. The molecule has 2 atom stereocenters. The van der Waals surface area contributed by atoms with E-state index in [0.717, 1.165) is 26.1 Å². The molecule has 1 aliphatic heterocycles. The molecule has 2 rings (SSSR count). The highest BCUT2D eigenvalue weighted by Gasteiger charge is 2.22. The minimum Gasteiger partial charge on any atom is -0.299 e. The van der Waals surface area contributed by atoms with Crippen molar-refractivity contribution in [2.75, 3.05) is 13.1 Å². The van der Waals surface area contributed by atoms with Gasteiger partial charge in [0.2, 0.25) is 0 Å². The van der Waals surface area contributed by atoms with Crippen LogP contribution in [0.2, 0.25) is 0 Å². The number of carbonyl (C=O) groups excluding carboxylic acids is 1. The SMILES string of the molecule is CC1CC(C)C(=O)CCN(Cc2ccccc2)C1. The molecular formula is C16H23NO. The first kappa shape index (κ1) is 13.3. The summed E-state index contributed by atoms with van der Waals surface area (Å²) in [6, 6.07) is 10.5. The van der Waals surface area contributed by atoms with Gasteiger partial charge in [-0.25, -0.2) is 0 Å². The van der Waals surface area contributed by atoms with Gasteiger partial charge < -0.3 is 0 Å². The molecule has 0 saturated carbocycles. The Bertz CT molecular complexity index is 387. The number of hydrogen-bond acceptors (Lipinski definition) is 2. The predicted molar refractivity (Wildman–Crippen MR) is 74.3 cm³/mol. The lowest BCUT2D eigenvalue weighted by Crippen LogP contribution is -2.35. The minimum absolute atomic E-state index is 0.249. The molecule has 1 saturated heterocycles. The molecule has 0 aromatic heterocycles. The van der Waals surface area contributed by atoms with E-state index in [1.807, 2.05) is 6.07 Å². The molecule has 0 spiro atoms. The van der Waals surface area contributed by atoms with Crippen molar-refractivity contribution in [3.8, 4) is 0 Å². The number of benzene rings is 1. The van der Waals surface area contributed by atoms with Crippen molar-refractivity contribution in [3.05, 3.63) is 35.9 Å². The van der Waals surface area contributed by atoms with Gasteiger partial charge in [0.05, 0.1) is 0 Å². The van der Waals surface area contributed by atoms with Gasteiger partial charge in [0.1, 0.15) is 5.78 Å². The van der Waals surface area contributed by atoms with E-state index in [4.69, 9.17) is 0 Å². The first-order chi connectivity index (χ1) is 8.65. The van der Waals surface area contributed by atoms with Crippen LogP contribution in [-0.4, -0.2) is 23.8 Å². The Morgan fingerprint density at radius 2 is 1.94 bits per heavy atom. The van der Waals surface area contributed by atoms with E-state index in [9.17, 15) is 4.79 Å². The molecule has 0 radical (unpaired) electrons. The average molecular weight is 245 g/mol. The standard InChI is InChI=1S/C16H23NO/c1-13-10-14(2)16(18)8-9-17(11-13)12-15-6-4-3-5-7-15/h3-7,13-14H,8-12H2,1-2H3. The van der Waals surface area contributed by atoms with E-state index >= 15 is 0 Å². The minimum atomic E-state index is 0.249. The average Bonchev–Trinajstić information content (AvgIpc) is 2.35. The van der Waals surface area contributed by atoms with Crippen molar-refractivity contribution < 1.29 is 4.79 Å². The van der Waals surface area contributed by atoms with Gasteiger partial charge in [-0.3, -0.25) is 9.69 Å². The zero-order chi connectivity index (χ0) is 13.0. The number of ketones is 1. The Morgan fingerprint density at radius 1 is 1.22 bits per heavy atom. The van der Waals surface area contributed by atoms with Gasteiger partial charge >= 0.3 is 0 Å². The lowest BCUT2D eigenvalue weighted by molar-refractivity contribution is -0.124.